The van der Waals surface area contributed by atoms with Crippen LogP contribution in [0.15, 0.2) is 30.3 Å². The van der Waals surface area contributed by atoms with E-state index < -0.39 is 6.04 Å². The number of aromatic nitrogens is 4. The SMILES string of the molecule is CC(C)C(N)CCN(C)C(=O)C(C(C)C)n1nnc(-c2ccccc2)n1.Cl. The summed E-state index contributed by atoms with van der Waals surface area (Å²) >= 11 is 0. The van der Waals surface area contributed by atoms with Crippen molar-refractivity contribution in [1.29, 1.82) is 0 Å². The van der Waals surface area contributed by atoms with Crippen LogP contribution < -0.4 is 5.73 Å². The van der Waals surface area contributed by atoms with Crippen molar-refractivity contribution in [3.63, 3.8) is 0 Å². The number of hydrogen-bond acceptors (Lipinski definition) is 5. The van der Waals surface area contributed by atoms with E-state index in [-0.39, 0.29) is 30.3 Å². The number of amides is 1. The third kappa shape index (κ3) is 6.01. The number of nitrogens with zero attached hydrogens (tertiary/aromatic N) is 5. The van der Waals surface area contributed by atoms with Crippen LogP contribution in [-0.2, 0) is 4.79 Å². The Hall–Kier alpha value is -1.99. The predicted molar refractivity (Wildman–Crippen MR) is 109 cm³/mol. The Kier molecular flexibility index (Phi) is 8.85. The molecule has 2 unspecified atom stereocenters. The second-order valence-corrected chi connectivity index (χ2v) is 7.44. The van der Waals surface area contributed by atoms with Crippen LogP contribution in [0.1, 0.15) is 40.2 Å². The van der Waals surface area contributed by atoms with E-state index in [1.54, 1.807) is 11.9 Å². The van der Waals surface area contributed by atoms with Gasteiger partial charge in [0, 0.05) is 25.2 Å². The van der Waals surface area contributed by atoms with E-state index in [4.69, 9.17) is 5.73 Å². The van der Waals surface area contributed by atoms with Crippen molar-refractivity contribution >= 4 is 18.3 Å². The molecule has 0 saturated heterocycles. The fourth-order valence-electron chi connectivity index (χ4n) is 2.71. The summed E-state index contributed by atoms with van der Waals surface area (Å²) in [7, 11) is 1.81. The van der Waals surface area contributed by atoms with Crippen LogP contribution in [0.3, 0.4) is 0 Å². The third-order valence-electron chi connectivity index (χ3n) is 4.62. The van der Waals surface area contributed by atoms with Crippen molar-refractivity contribution in [2.24, 2.45) is 17.6 Å². The summed E-state index contributed by atoms with van der Waals surface area (Å²) in [6.07, 6.45) is 0.769. The van der Waals surface area contributed by atoms with E-state index >= 15 is 0 Å². The van der Waals surface area contributed by atoms with Crippen molar-refractivity contribution in [1.82, 2.24) is 25.1 Å². The molecular weight excluding hydrogens is 364 g/mol. The molecule has 1 aromatic heterocycles. The van der Waals surface area contributed by atoms with Gasteiger partial charge in [0.25, 0.3) is 0 Å². The standard InChI is InChI=1S/C19H30N6O.ClH/c1-13(2)16(20)11-12-24(5)19(26)17(14(3)4)25-22-18(21-23-25)15-9-7-6-8-10-15;/h6-10,13-14,16-17H,11-12,20H2,1-5H3;1H. The number of tetrazole rings is 1. The molecule has 0 saturated carbocycles. The molecule has 0 spiro atoms. The number of halogens is 1. The Morgan fingerprint density at radius 3 is 2.33 bits per heavy atom. The molecule has 2 rings (SSSR count). The van der Waals surface area contributed by atoms with E-state index in [2.05, 4.69) is 29.3 Å². The normalized spacial score (nSPS) is 13.3. The van der Waals surface area contributed by atoms with Gasteiger partial charge in [-0.15, -0.1) is 22.6 Å². The molecule has 0 bridgehead atoms. The van der Waals surface area contributed by atoms with Crippen molar-refractivity contribution in [3.8, 4) is 11.4 Å². The first-order chi connectivity index (χ1) is 12.3. The quantitative estimate of drug-likeness (QED) is 0.743. The third-order valence-corrected chi connectivity index (χ3v) is 4.62. The van der Waals surface area contributed by atoms with Gasteiger partial charge in [0.2, 0.25) is 11.7 Å². The highest BCUT2D eigenvalue weighted by atomic mass is 35.5. The molecule has 8 heteroatoms. The van der Waals surface area contributed by atoms with Crippen molar-refractivity contribution in [2.45, 2.75) is 46.2 Å². The summed E-state index contributed by atoms with van der Waals surface area (Å²) in [6, 6.07) is 9.22. The molecule has 7 nitrogen and oxygen atoms in total. The summed E-state index contributed by atoms with van der Waals surface area (Å²) in [5.74, 6) is 0.938. The largest absolute Gasteiger partial charge is 0.344 e. The van der Waals surface area contributed by atoms with Crippen molar-refractivity contribution in [2.75, 3.05) is 13.6 Å². The zero-order chi connectivity index (χ0) is 19.3. The second kappa shape index (κ2) is 10.4. The Bertz CT molecular complexity index is 703. The number of carbonyl (C=O) groups excluding carboxylic acids is 1. The molecule has 0 aliphatic heterocycles. The first-order valence-corrected chi connectivity index (χ1v) is 9.16. The van der Waals surface area contributed by atoms with Crippen LogP contribution in [0, 0.1) is 11.8 Å². The van der Waals surface area contributed by atoms with Gasteiger partial charge in [-0.05, 0) is 23.5 Å². The van der Waals surface area contributed by atoms with Crippen LogP contribution >= 0.6 is 12.4 Å². The summed E-state index contributed by atoms with van der Waals surface area (Å²) < 4.78 is 0. The van der Waals surface area contributed by atoms with Gasteiger partial charge in [-0.25, -0.2) is 0 Å². The minimum atomic E-state index is -0.486. The van der Waals surface area contributed by atoms with Crippen LogP contribution in [0.4, 0.5) is 0 Å². The van der Waals surface area contributed by atoms with Gasteiger partial charge in [-0.3, -0.25) is 4.79 Å². The Balaban J connectivity index is 0.00000364. The molecule has 27 heavy (non-hydrogen) atoms. The number of carbonyl (C=O) groups is 1. The Labute approximate surface area is 167 Å². The first-order valence-electron chi connectivity index (χ1n) is 9.16. The van der Waals surface area contributed by atoms with Crippen molar-refractivity contribution in [3.05, 3.63) is 30.3 Å². The number of hydrogen-bond donors (Lipinski definition) is 1. The van der Waals surface area contributed by atoms with Gasteiger partial charge >= 0.3 is 0 Å². The van der Waals surface area contributed by atoms with Gasteiger partial charge in [-0.2, -0.15) is 4.80 Å². The van der Waals surface area contributed by atoms with E-state index in [1.165, 1.54) is 4.80 Å². The number of nitrogens with two attached hydrogens (primary N) is 1. The van der Waals surface area contributed by atoms with Crippen LogP contribution in [-0.4, -0.2) is 50.6 Å². The van der Waals surface area contributed by atoms with Gasteiger partial charge < -0.3 is 10.6 Å². The summed E-state index contributed by atoms with van der Waals surface area (Å²) in [5, 5.41) is 12.7. The molecule has 2 atom stereocenters. The molecule has 0 fully saturated rings. The van der Waals surface area contributed by atoms with Gasteiger partial charge in [0.15, 0.2) is 6.04 Å². The first kappa shape index (κ1) is 23.0. The highest BCUT2D eigenvalue weighted by Crippen LogP contribution is 2.21. The number of rotatable bonds is 8. The molecule has 2 aromatic rings. The molecule has 1 heterocycles. The molecule has 150 valence electrons. The average Bonchev–Trinajstić information content (AvgIpc) is 3.09. The van der Waals surface area contributed by atoms with Gasteiger partial charge in [-0.1, -0.05) is 58.0 Å². The van der Waals surface area contributed by atoms with Crippen LogP contribution in [0.2, 0.25) is 0 Å². The molecule has 0 radical (unpaired) electrons. The maximum Gasteiger partial charge on any atom is 0.249 e. The molecule has 0 aliphatic rings. The average molecular weight is 395 g/mol. The molecule has 1 amide bonds. The highest BCUT2D eigenvalue weighted by molar-refractivity contribution is 5.85. The molecule has 2 N–H and O–H groups in total. The fraction of sp³-hybridized carbons (Fsp3) is 0.579. The van der Waals surface area contributed by atoms with E-state index in [9.17, 15) is 4.79 Å². The minimum absolute atomic E-state index is 0. The second-order valence-electron chi connectivity index (χ2n) is 7.44. The van der Waals surface area contributed by atoms with Gasteiger partial charge in [0.1, 0.15) is 0 Å². The maximum absolute atomic E-state index is 13.0. The fourth-order valence-corrected chi connectivity index (χ4v) is 2.71. The van der Waals surface area contributed by atoms with Crippen LogP contribution in [0.25, 0.3) is 11.4 Å². The predicted octanol–water partition coefficient (Wildman–Crippen LogP) is 2.79. The summed E-state index contributed by atoms with van der Waals surface area (Å²) in [4.78, 5) is 16.1. The number of likely N-dealkylation sites (N-methyl/N-ethyl adjacent to an activating group) is 1. The van der Waals surface area contributed by atoms with E-state index in [0.29, 0.717) is 18.3 Å². The molecular formula is C19H31ClN6O. The minimum Gasteiger partial charge on any atom is -0.344 e. The smallest absolute Gasteiger partial charge is 0.249 e. The highest BCUT2D eigenvalue weighted by Gasteiger charge is 2.30. The zero-order valence-electron chi connectivity index (χ0n) is 16.7. The maximum atomic E-state index is 13.0. The molecule has 0 aliphatic carbocycles. The Morgan fingerprint density at radius 2 is 1.78 bits per heavy atom. The van der Waals surface area contributed by atoms with E-state index in [0.717, 1.165) is 12.0 Å². The molecule has 1 aromatic carbocycles. The topological polar surface area (TPSA) is 89.9 Å². The Morgan fingerprint density at radius 1 is 1.15 bits per heavy atom. The lowest BCUT2D eigenvalue weighted by molar-refractivity contribution is -0.135. The zero-order valence-corrected chi connectivity index (χ0v) is 17.6. The van der Waals surface area contributed by atoms with Gasteiger partial charge in [0.05, 0.1) is 0 Å². The number of benzene rings is 1. The monoisotopic (exact) mass is 394 g/mol. The lowest BCUT2D eigenvalue weighted by Crippen LogP contribution is -2.40. The summed E-state index contributed by atoms with van der Waals surface area (Å²) in [6.45, 7) is 8.77. The summed E-state index contributed by atoms with van der Waals surface area (Å²) in [5.41, 5.74) is 6.98. The van der Waals surface area contributed by atoms with Crippen molar-refractivity contribution < 1.29 is 4.79 Å². The lowest BCUT2D eigenvalue weighted by Gasteiger charge is -2.26. The lowest BCUT2D eigenvalue weighted by atomic mass is 10.0. The van der Waals surface area contributed by atoms with Crippen LogP contribution in [0.5, 0.6) is 0 Å². The van der Waals surface area contributed by atoms with E-state index in [1.807, 2.05) is 44.2 Å².